The fraction of sp³-hybridized carbons (Fsp3) is 0.333. The van der Waals surface area contributed by atoms with E-state index < -0.39 is 35.5 Å². The Morgan fingerprint density at radius 3 is 2.50 bits per heavy atom. The average molecular weight is 445 g/mol. The smallest absolute Gasteiger partial charge is 0.314 e. The quantitative estimate of drug-likeness (QED) is 0.491. The van der Waals surface area contributed by atoms with Crippen molar-refractivity contribution in [3.8, 4) is 11.5 Å². The molecule has 1 N–H and O–H groups in total. The van der Waals surface area contributed by atoms with E-state index in [4.69, 9.17) is 14.2 Å². The highest BCUT2D eigenvalue weighted by Gasteiger charge is 2.35. The molecule has 0 radical (unpaired) electrons. The van der Waals surface area contributed by atoms with E-state index in [1.54, 1.807) is 31.2 Å². The molecule has 3 rings (SSSR count). The predicted octanol–water partition coefficient (Wildman–Crippen LogP) is 4.00. The molecule has 0 saturated heterocycles. The molecule has 0 fully saturated rings. The van der Waals surface area contributed by atoms with E-state index in [9.17, 15) is 18.4 Å². The number of amides is 1. The lowest BCUT2D eigenvalue weighted by atomic mass is 9.85. The van der Waals surface area contributed by atoms with E-state index in [0.717, 1.165) is 18.2 Å². The largest absolute Gasteiger partial charge is 0.493 e. The second-order valence-corrected chi connectivity index (χ2v) is 7.33. The van der Waals surface area contributed by atoms with E-state index >= 15 is 0 Å². The van der Waals surface area contributed by atoms with Gasteiger partial charge in [-0.15, -0.1) is 0 Å². The Balaban J connectivity index is 1.79. The van der Waals surface area contributed by atoms with Gasteiger partial charge < -0.3 is 19.5 Å². The minimum Gasteiger partial charge on any atom is -0.493 e. The molecule has 1 aliphatic carbocycles. The summed E-state index contributed by atoms with van der Waals surface area (Å²) in [6.45, 7) is 1.95. The maximum Gasteiger partial charge on any atom is 0.314 e. The van der Waals surface area contributed by atoms with E-state index in [0.29, 0.717) is 23.5 Å². The SMILES string of the molecule is CCOC(=O)[C@H](c1ccc(OC)c(OC)c1)[C@@H]1C=C[C@H](NC(=O)c2cc(F)ccc2F)C1. The Morgan fingerprint density at radius 1 is 1.06 bits per heavy atom. The average Bonchev–Trinajstić information content (AvgIpc) is 3.23. The summed E-state index contributed by atoms with van der Waals surface area (Å²) < 4.78 is 43.3. The van der Waals surface area contributed by atoms with Crippen LogP contribution < -0.4 is 14.8 Å². The number of hydrogen-bond acceptors (Lipinski definition) is 5. The molecule has 0 saturated carbocycles. The van der Waals surface area contributed by atoms with Crippen LogP contribution in [0.3, 0.4) is 0 Å². The van der Waals surface area contributed by atoms with Crippen LogP contribution in [0, 0.1) is 17.6 Å². The van der Waals surface area contributed by atoms with Crippen molar-refractivity contribution in [2.45, 2.75) is 25.3 Å². The van der Waals surface area contributed by atoms with Gasteiger partial charge >= 0.3 is 5.97 Å². The molecule has 8 heteroatoms. The molecule has 1 aliphatic rings. The number of ether oxygens (including phenoxy) is 3. The van der Waals surface area contributed by atoms with Crippen LogP contribution in [0.5, 0.6) is 11.5 Å². The molecule has 6 nitrogen and oxygen atoms in total. The van der Waals surface area contributed by atoms with Gasteiger partial charge in [0, 0.05) is 6.04 Å². The number of halogens is 2. The van der Waals surface area contributed by atoms with Crippen molar-refractivity contribution in [3.63, 3.8) is 0 Å². The molecular weight excluding hydrogens is 420 g/mol. The summed E-state index contributed by atoms with van der Waals surface area (Å²) in [5.74, 6) is -2.55. The zero-order valence-corrected chi connectivity index (χ0v) is 18.1. The molecule has 2 aromatic rings. The fourth-order valence-electron chi connectivity index (χ4n) is 3.84. The minimum absolute atomic E-state index is 0.220. The lowest BCUT2D eigenvalue weighted by molar-refractivity contribution is -0.146. The van der Waals surface area contributed by atoms with E-state index in [-0.39, 0.29) is 18.1 Å². The van der Waals surface area contributed by atoms with Gasteiger partial charge in [0.15, 0.2) is 11.5 Å². The van der Waals surface area contributed by atoms with Crippen LogP contribution in [0.1, 0.15) is 35.2 Å². The van der Waals surface area contributed by atoms with Crippen molar-refractivity contribution < 1.29 is 32.6 Å². The number of allylic oxidation sites excluding steroid dienone is 1. The molecule has 0 bridgehead atoms. The Morgan fingerprint density at radius 2 is 1.81 bits per heavy atom. The molecule has 2 aromatic carbocycles. The Labute approximate surface area is 185 Å². The van der Waals surface area contributed by atoms with Gasteiger partial charge in [0.25, 0.3) is 5.91 Å². The fourth-order valence-corrected chi connectivity index (χ4v) is 3.84. The molecule has 0 aromatic heterocycles. The molecule has 1 amide bonds. The molecule has 170 valence electrons. The van der Waals surface area contributed by atoms with Gasteiger partial charge in [0.2, 0.25) is 0 Å². The van der Waals surface area contributed by atoms with Gasteiger partial charge in [-0.3, -0.25) is 9.59 Å². The first kappa shape index (κ1) is 23.2. The molecule has 0 unspecified atom stereocenters. The number of hydrogen-bond donors (Lipinski definition) is 1. The van der Waals surface area contributed by atoms with Crippen LogP contribution >= 0.6 is 0 Å². The summed E-state index contributed by atoms with van der Waals surface area (Å²) in [6, 6.07) is 7.47. The Bertz CT molecular complexity index is 1020. The summed E-state index contributed by atoms with van der Waals surface area (Å²) in [7, 11) is 3.03. The third kappa shape index (κ3) is 5.07. The first-order valence-corrected chi connectivity index (χ1v) is 10.2. The van der Waals surface area contributed by atoms with Gasteiger partial charge in [0.05, 0.1) is 32.3 Å². The van der Waals surface area contributed by atoms with Crippen molar-refractivity contribution >= 4 is 11.9 Å². The maximum atomic E-state index is 13.9. The number of carbonyl (C=O) groups excluding carboxylic acids is 2. The van der Waals surface area contributed by atoms with Gasteiger partial charge in [0.1, 0.15) is 11.6 Å². The van der Waals surface area contributed by atoms with Crippen LogP contribution in [0.2, 0.25) is 0 Å². The minimum atomic E-state index is -0.808. The summed E-state index contributed by atoms with van der Waals surface area (Å²) in [5, 5.41) is 2.68. The van der Waals surface area contributed by atoms with Crippen molar-refractivity contribution in [2.24, 2.45) is 5.92 Å². The lowest BCUT2D eigenvalue weighted by Crippen LogP contribution is -2.34. The predicted molar refractivity (Wildman–Crippen MR) is 114 cm³/mol. The first-order chi connectivity index (χ1) is 15.4. The van der Waals surface area contributed by atoms with Crippen LogP contribution in [0.4, 0.5) is 8.78 Å². The number of benzene rings is 2. The zero-order valence-electron chi connectivity index (χ0n) is 18.1. The third-order valence-electron chi connectivity index (χ3n) is 5.34. The summed E-state index contributed by atoms with van der Waals surface area (Å²) >= 11 is 0. The standard InChI is InChI=1S/C24H25F2NO5/c1-4-32-24(29)22(15-6-10-20(30-2)21(12-15)31-3)14-5-8-17(11-14)27-23(28)18-13-16(25)7-9-19(18)26/h5-10,12-14,17,22H,4,11H2,1-3H3,(H,27,28)/t14-,17+,22+/m1/s1. The Kier molecular flexibility index (Phi) is 7.45. The lowest BCUT2D eigenvalue weighted by Gasteiger charge is -2.23. The van der Waals surface area contributed by atoms with E-state index in [2.05, 4.69) is 5.32 Å². The number of methoxy groups -OCH3 is 2. The maximum absolute atomic E-state index is 13.9. The highest BCUT2D eigenvalue weighted by molar-refractivity contribution is 5.94. The van der Waals surface area contributed by atoms with Crippen LogP contribution in [-0.4, -0.2) is 38.7 Å². The van der Waals surface area contributed by atoms with Gasteiger partial charge in [-0.25, -0.2) is 8.78 Å². The second-order valence-electron chi connectivity index (χ2n) is 7.33. The van der Waals surface area contributed by atoms with Crippen LogP contribution in [0.15, 0.2) is 48.6 Å². The number of esters is 1. The number of carbonyl (C=O) groups is 2. The van der Waals surface area contributed by atoms with Crippen molar-refractivity contribution in [2.75, 3.05) is 20.8 Å². The van der Waals surface area contributed by atoms with Crippen LogP contribution in [-0.2, 0) is 9.53 Å². The highest BCUT2D eigenvalue weighted by atomic mass is 19.1. The monoisotopic (exact) mass is 445 g/mol. The molecular formula is C24H25F2NO5. The first-order valence-electron chi connectivity index (χ1n) is 10.2. The van der Waals surface area contributed by atoms with Crippen molar-refractivity contribution in [3.05, 3.63) is 71.3 Å². The molecule has 32 heavy (non-hydrogen) atoms. The molecule has 0 aliphatic heterocycles. The highest BCUT2D eigenvalue weighted by Crippen LogP contribution is 2.38. The Hall–Kier alpha value is -3.42. The molecule has 3 atom stereocenters. The van der Waals surface area contributed by atoms with Crippen molar-refractivity contribution in [1.82, 2.24) is 5.32 Å². The van der Waals surface area contributed by atoms with Gasteiger partial charge in [-0.05, 0) is 55.2 Å². The summed E-state index contributed by atoms with van der Waals surface area (Å²) in [5.41, 5.74) is 0.308. The van der Waals surface area contributed by atoms with Crippen LogP contribution in [0.25, 0.3) is 0 Å². The topological polar surface area (TPSA) is 73.9 Å². The third-order valence-corrected chi connectivity index (χ3v) is 5.34. The van der Waals surface area contributed by atoms with E-state index in [1.165, 1.54) is 14.2 Å². The zero-order chi connectivity index (χ0) is 23.3. The summed E-state index contributed by atoms with van der Waals surface area (Å²) in [4.78, 5) is 25.2. The van der Waals surface area contributed by atoms with Gasteiger partial charge in [-0.2, -0.15) is 0 Å². The summed E-state index contributed by atoms with van der Waals surface area (Å²) in [6.07, 6.45) is 3.96. The molecule has 0 spiro atoms. The number of nitrogens with one attached hydrogen (secondary N) is 1. The van der Waals surface area contributed by atoms with Gasteiger partial charge in [-0.1, -0.05) is 18.2 Å². The molecule has 0 heterocycles. The number of rotatable bonds is 8. The second kappa shape index (κ2) is 10.3. The normalized spacial score (nSPS) is 18.2. The van der Waals surface area contributed by atoms with E-state index in [1.807, 2.05) is 6.08 Å². The van der Waals surface area contributed by atoms with Crippen molar-refractivity contribution in [1.29, 1.82) is 0 Å².